The van der Waals surface area contributed by atoms with Gasteiger partial charge in [-0.1, -0.05) is 175 Å². The van der Waals surface area contributed by atoms with E-state index in [1.165, 1.54) is 116 Å². The molecule has 0 rings (SSSR count). The number of rotatable bonds is 34. The van der Waals surface area contributed by atoms with Crippen molar-refractivity contribution in [2.45, 2.75) is 218 Å². The summed E-state index contributed by atoms with van der Waals surface area (Å²) < 4.78 is 12.8. The fourth-order valence-electron chi connectivity index (χ4n) is 7.59. The SMILES string of the molecule is CCCCCCCCCCCCCCCC(=O)C(O)(C(=O)CCCCCCCCCCCCCCC)C(CC)([N+](C)(C)C)P(=O)(O)O. The van der Waals surface area contributed by atoms with Gasteiger partial charge < -0.3 is 19.4 Å². The van der Waals surface area contributed by atoms with Gasteiger partial charge in [0.25, 0.3) is 0 Å². The molecule has 7 nitrogen and oxygen atoms in total. The van der Waals surface area contributed by atoms with Crippen molar-refractivity contribution in [1.29, 1.82) is 0 Å². The molecule has 280 valence electrons. The lowest BCUT2D eigenvalue weighted by molar-refractivity contribution is -0.914. The lowest BCUT2D eigenvalue weighted by Gasteiger charge is -2.52. The van der Waals surface area contributed by atoms with Crippen LogP contribution in [0.2, 0.25) is 0 Å². The normalized spacial score (nSPS) is 14.0. The number of hydrogen-bond acceptors (Lipinski definition) is 4. The van der Waals surface area contributed by atoms with Crippen molar-refractivity contribution in [2.24, 2.45) is 0 Å². The average molecular weight is 689 g/mol. The number of aliphatic hydroxyl groups is 1. The van der Waals surface area contributed by atoms with Crippen molar-refractivity contribution in [1.82, 2.24) is 0 Å². The minimum absolute atomic E-state index is 0.0552. The molecular formula is C39H79NO6P+. The number of unbranched alkanes of at least 4 members (excludes halogenated alkanes) is 24. The van der Waals surface area contributed by atoms with Crippen LogP contribution in [-0.2, 0) is 14.2 Å². The van der Waals surface area contributed by atoms with Crippen LogP contribution in [0, 0.1) is 0 Å². The van der Waals surface area contributed by atoms with E-state index in [2.05, 4.69) is 13.8 Å². The molecular weight excluding hydrogens is 609 g/mol. The van der Waals surface area contributed by atoms with E-state index in [0.29, 0.717) is 12.8 Å². The molecule has 0 bridgehead atoms. The van der Waals surface area contributed by atoms with Gasteiger partial charge in [-0.2, -0.15) is 0 Å². The quantitative estimate of drug-likeness (QED) is 0.0268. The van der Waals surface area contributed by atoms with Crippen LogP contribution >= 0.6 is 7.60 Å². The van der Waals surface area contributed by atoms with Gasteiger partial charge in [0.2, 0.25) is 10.9 Å². The molecule has 0 radical (unpaired) electrons. The Morgan fingerprint density at radius 2 is 0.723 bits per heavy atom. The zero-order valence-electron chi connectivity index (χ0n) is 32.0. The molecule has 1 unspecified atom stereocenters. The highest BCUT2D eigenvalue weighted by molar-refractivity contribution is 7.53. The molecule has 1 atom stereocenters. The fourth-order valence-corrected chi connectivity index (χ4v) is 9.46. The topological polar surface area (TPSA) is 112 Å². The fraction of sp³-hybridized carbons (Fsp3) is 0.949. The predicted molar refractivity (Wildman–Crippen MR) is 199 cm³/mol. The number of likely N-dealkylation sites (N-methyl/N-ethyl adjacent to an activating group) is 1. The van der Waals surface area contributed by atoms with Gasteiger partial charge in [0.15, 0.2) is 11.6 Å². The highest BCUT2D eigenvalue weighted by atomic mass is 31.2. The zero-order chi connectivity index (χ0) is 35.7. The predicted octanol–water partition coefficient (Wildman–Crippen LogP) is 10.8. The number of carbonyl (C=O) groups excluding carboxylic acids is 2. The number of hydrogen-bond donors (Lipinski definition) is 3. The van der Waals surface area contributed by atoms with Crippen LogP contribution in [0.3, 0.4) is 0 Å². The van der Waals surface area contributed by atoms with E-state index in [1.807, 2.05) is 0 Å². The monoisotopic (exact) mass is 689 g/mol. The van der Waals surface area contributed by atoms with Crippen molar-refractivity contribution in [2.75, 3.05) is 21.1 Å². The Hall–Kier alpha value is -0.590. The Kier molecular flexibility index (Phi) is 25.9. The summed E-state index contributed by atoms with van der Waals surface area (Å²) >= 11 is 0. The molecule has 0 aliphatic carbocycles. The molecule has 0 heterocycles. The van der Waals surface area contributed by atoms with Crippen LogP contribution in [0.1, 0.15) is 207 Å². The second-order valence-corrected chi connectivity index (χ2v) is 17.1. The molecule has 0 amide bonds. The third-order valence-corrected chi connectivity index (χ3v) is 12.7. The molecule has 8 heteroatoms. The van der Waals surface area contributed by atoms with Gasteiger partial charge in [0, 0.05) is 19.3 Å². The number of ketones is 2. The molecule has 3 N–H and O–H groups in total. The summed E-state index contributed by atoms with van der Waals surface area (Å²) in [5.74, 6) is -1.48. The molecule has 0 spiro atoms. The Labute approximate surface area is 291 Å². The van der Waals surface area contributed by atoms with Crippen LogP contribution in [0.15, 0.2) is 0 Å². The van der Waals surface area contributed by atoms with E-state index in [9.17, 15) is 29.0 Å². The van der Waals surface area contributed by atoms with Gasteiger partial charge in [-0.3, -0.25) is 14.2 Å². The Morgan fingerprint density at radius 1 is 0.489 bits per heavy atom. The summed E-state index contributed by atoms with van der Waals surface area (Å²) in [4.78, 5) is 49.0. The van der Waals surface area contributed by atoms with Crippen LogP contribution in [0.5, 0.6) is 0 Å². The van der Waals surface area contributed by atoms with Crippen molar-refractivity contribution in [3.8, 4) is 0 Å². The number of nitrogens with zero attached hydrogens (tertiary/aromatic N) is 1. The second-order valence-electron chi connectivity index (χ2n) is 15.3. The van der Waals surface area contributed by atoms with E-state index in [0.717, 1.165) is 38.5 Å². The van der Waals surface area contributed by atoms with Gasteiger partial charge >= 0.3 is 7.60 Å². The molecule has 0 fully saturated rings. The molecule has 0 aromatic carbocycles. The first kappa shape index (κ1) is 46.4. The third-order valence-electron chi connectivity index (χ3n) is 10.5. The average Bonchev–Trinajstić information content (AvgIpc) is 3.00. The van der Waals surface area contributed by atoms with Crippen LogP contribution < -0.4 is 0 Å². The summed E-state index contributed by atoms with van der Waals surface area (Å²) in [6, 6.07) is 0. The van der Waals surface area contributed by atoms with Gasteiger partial charge in [0.05, 0.1) is 21.1 Å². The summed E-state index contributed by atoms with van der Waals surface area (Å²) in [5, 5.41) is 9.86. The smallest absolute Gasteiger partial charge is 0.369 e. The van der Waals surface area contributed by atoms with Gasteiger partial charge in [-0.05, 0) is 12.8 Å². The molecule has 0 aromatic rings. The minimum Gasteiger partial charge on any atom is -0.369 e. The number of quaternary nitrogens is 1. The molecule has 47 heavy (non-hydrogen) atoms. The van der Waals surface area contributed by atoms with Crippen LogP contribution in [0.25, 0.3) is 0 Å². The third kappa shape index (κ3) is 16.8. The first-order valence-electron chi connectivity index (χ1n) is 19.9. The van der Waals surface area contributed by atoms with E-state index in [4.69, 9.17) is 0 Å². The van der Waals surface area contributed by atoms with Gasteiger partial charge in [-0.25, -0.2) is 0 Å². The summed E-state index contributed by atoms with van der Waals surface area (Å²) in [5.41, 5.74) is -2.74. The standard InChI is InChI=1S/C39H78NO6P/c1-7-10-12-14-16-18-20-22-24-26-28-30-32-34-36(41)39(43,38(9-3,40(4,5)6)47(44,45)46)37(42)35-33-31-29-27-25-23-21-19-17-15-13-11-8-2/h43H,7-35H2,1-6H3,(H-,44,45,46)/p+1. The van der Waals surface area contributed by atoms with Crippen molar-refractivity contribution in [3.63, 3.8) is 0 Å². The van der Waals surface area contributed by atoms with E-state index in [1.54, 1.807) is 28.1 Å². The Bertz CT molecular complexity index is 809. The summed E-state index contributed by atoms with van der Waals surface area (Å²) in [7, 11) is -0.440. The second kappa shape index (κ2) is 26.3. The number of carbonyl (C=O) groups is 2. The largest absolute Gasteiger partial charge is 0.389 e. The minimum atomic E-state index is -5.12. The Balaban J connectivity index is 4.98. The van der Waals surface area contributed by atoms with E-state index < -0.39 is 30.0 Å². The first-order chi connectivity index (χ1) is 22.3. The maximum atomic E-state index is 13.8. The summed E-state index contributed by atoms with van der Waals surface area (Å²) in [6.07, 6.45) is 29.6. The van der Waals surface area contributed by atoms with Crippen LogP contribution in [-0.4, -0.2) is 63.0 Å². The van der Waals surface area contributed by atoms with E-state index in [-0.39, 0.29) is 23.7 Å². The number of Topliss-reactive ketones (excluding diaryl/α,β-unsaturated/α-hetero) is 2. The maximum absolute atomic E-state index is 13.8. The highest BCUT2D eigenvalue weighted by Gasteiger charge is 2.74. The van der Waals surface area contributed by atoms with Crippen molar-refractivity contribution >= 4 is 19.2 Å². The molecule has 0 saturated carbocycles. The summed E-state index contributed by atoms with van der Waals surface area (Å²) in [6.45, 7) is 6.04. The molecule has 0 aromatic heterocycles. The molecule has 0 saturated heterocycles. The maximum Gasteiger partial charge on any atom is 0.389 e. The lowest BCUT2D eigenvalue weighted by Crippen LogP contribution is -2.74. The van der Waals surface area contributed by atoms with Crippen LogP contribution in [0.4, 0.5) is 0 Å². The Morgan fingerprint density at radius 3 is 0.915 bits per heavy atom. The first-order valence-corrected chi connectivity index (χ1v) is 21.5. The molecule has 0 aliphatic rings. The highest BCUT2D eigenvalue weighted by Crippen LogP contribution is 2.62. The van der Waals surface area contributed by atoms with Gasteiger partial charge in [-0.15, -0.1) is 0 Å². The van der Waals surface area contributed by atoms with Crippen molar-refractivity contribution < 1.29 is 33.5 Å². The lowest BCUT2D eigenvalue weighted by atomic mass is 9.77. The van der Waals surface area contributed by atoms with Crippen molar-refractivity contribution in [3.05, 3.63) is 0 Å². The van der Waals surface area contributed by atoms with E-state index >= 15 is 0 Å². The molecule has 0 aliphatic heterocycles. The zero-order valence-corrected chi connectivity index (χ0v) is 32.9. The van der Waals surface area contributed by atoms with Gasteiger partial charge in [0.1, 0.15) is 0 Å².